The maximum absolute atomic E-state index is 10.4. The van der Waals surface area contributed by atoms with Crippen LogP contribution in [-0.2, 0) is 4.79 Å². The van der Waals surface area contributed by atoms with E-state index in [1.807, 2.05) is 0 Å². The highest BCUT2D eigenvalue weighted by atomic mass is 35.5. The van der Waals surface area contributed by atoms with E-state index in [1.165, 1.54) is 0 Å². The van der Waals surface area contributed by atoms with Gasteiger partial charge in [0.15, 0.2) is 0 Å². The predicted octanol–water partition coefficient (Wildman–Crippen LogP) is -1.08. The van der Waals surface area contributed by atoms with Crippen LogP contribution >= 0.6 is 12.4 Å². The van der Waals surface area contributed by atoms with Crippen LogP contribution in [0.1, 0.15) is 12.8 Å². The first-order valence-electron chi connectivity index (χ1n) is 3.40. The van der Waals surface area contributed by atoms with E-state index in [1.54, 1.807) is 0 Å². The molecule has 6 heteroatoms. The molecule has 0 aromatic rings. The molecule has 0 fully saturated rings. The molecule has 0 aliphatic heterocycles. The molecular weight excluding hydrogens is 184 g/mol. The number of hydrogen-bond acceptors (Lipinski definition) is 4. The molecule has 0 heterocycles. The van der Waals surface area contributed by atoms with E-state index in [0.29, 0.717) is 13.0 Å². The number of aliphatic hydroxyl groups excluding tert-OH is 1. The van der Waals surface area contributed by atoms with E-state index in [4.69, 9.17) is 21.7 Å². The highest BCUT2D eigenvalue weighted by molar-refractivity contribution is 5.85. The second kappa shape index (κ2) is 6.19. The quantitative estimate of drug-likeness (QED) is 0.449. The number of aliphatic carboxylic acids is 1. The summed E-state index contributed by atoms with van der Waals surface area (Å²) in [6, 6.07) is 0. The van der Waals surface area contributed by atoms with Gasteiger partial charge in [-0.1, -0.05) is 0 Å². The molecule has 0 aromatic heterocycles. The van der Waals surface area contributed by atoms with Crippen LogP contribution < -0.4 is 11.5 Å². The fourth-order valence-corrected chi connectivity index (χ4v) is 0.671. The van der Waals surface area contributed by atoms with Crippen molar-refractivity contribution in [1.29, 1.82) is 0 Å². The maximum Gasteiger partial charge on any atom is 0.326 e. The van der Waals surface area contributed by atoms with E-state index in [2.05, 4.69) is 0 Å². The summed E-state index contributed by atoms with van der Waals surface area (Å²) < 4.78 is 0. The highest BCUT2D eigenvalue weighted by Crippen LogP contribution is 2.07. The molecule has 5 nitrogen and oxygen atoms in total. The van der Waals surface area contributed by atoms with Crippen molar-refractivity contribution in [3.63, 3.8) is 0 Å². The van der Waals surface area contributed by atoms with E-state index in [0.717, 1.165) is 0 Å². The van der Waals surface area contributed by atoms with Crippen molar-refractivity contribution in [3.8, 4) is 0 Å². The maximum atomic E-state index is 10.4. The lowest BCUT2D eigenvalue weighted by atomic mass is 9.96. The van der Waals surface area contributed by atoms with Crippen molar-refractivity contribution < 1.29 is 15.0 Å². The fraction of sp³-hybridized carbons (Fsp3) is 0.833. The number of rotatable bonds is 5. The zero-order valence-electron chi connectivity index (χ0n) is 6.69. The highest BCUT2D eigenvalue weighted by Gasteiger charge is 2.32. The largest absolute Gasteiger partial charge is 0.480 e. The van der Waals surface area contributed by atoms with Gasteiger partial charge in [-0.05, 0) is 19.4 Å². The first-order valence-corrected chi connectivity index (χ1v) is 3.40. The Kier molecular flexibility index (Phi) is 7.31. The summed E-state index contributed by atoms with van der Waals surface area (Å²) in [6.45, 7) is -0.172. The monoisotopic (exact) mass is 198 g/mol. The molecule has 6 N–H and O–H groups in total. The van der Waals surface area contributed by atoms with Gasteiger partial charge in [0.2, 0.25) is 0 Å². The number of carboxylic acid groups (broad SMARTS) is 1. The van der Waals surface area contributed by atoms with Crippen LogP contribution in [0.2, 0.25) is 0 Å². The van der Waals surface area contributed by atoms with Gasteiger partial charge < -0.3 is 21.7 Å². The molecule has 1 atom stereocenters. The average molecular weight is 199 g/mol. The lowest BCUT2D eigenvalue weighted by molar-refractivity contribution is -0.145. The van der Waals surface area contributed by atoms with Crippen molar-refractivity contribution in [2.75, 3.05) is 13.2 Å². The lowest BCUT2D eigenvalue weighted by Crippen LogP contribution is -2.51. The zero-order chi connectivity index (χ0) is 8.91. The van der Waals surface area contributed by atoms with Crippen molar-refractivity contribution in [2.45, 2.75) is 18.4 Å². The Labute approximate surface area is 77.1 Å². The Morgan fingerprint density at radius 1 is 1.50 bits per heavy atom. The second-order valence-electron chi connectivity index (χ2n) is 2.51. The summed E-state index contributed by atoms with van der Waals surface area (Å²) in [4.78, 5) is 10.4. The minimum Gasteiger partial charge on any atom is -0.480 e. The smallest absolute Gasteiger partial charge is 0.326 e. The van der Waals surface area contributed by atoms with Crippen LogP contribution in [0.3, 0.4) is 0 Å². The topological polar surface area (TPSA) is 110 Å². The third-order valence-corrected chi connectivity index (χ3v) is 1.54. The van der Waals surface area contributed by atoms with Gasteiger partial charge in [0.05, 0.1) is 6.61 Å². The number of halogens is 1. The summed E-state index contributed by atoms with van der Waals surface area (Å²) in [6.07, 6.45) is 0.707. The molecule has 0 radical (unpaired) electrons. The molecule has 0 rings (SSSR count). The van der Waals surface area contributed by atoms with Gasteiger partial charge in [-0.2, -0.15) is 0 Å². The van der Waals surface area contributed by atoms with E-state index < -0.39 is 18.1 Å². The van der Waals surface area contributed by atoms with E-state index >= 15 is 0 Å². The first-order chi connectivity index (χ1) is 5.06. The van der Waals surface area contributed by atoms with Crippen molar-refractivity contribution in [1.82, 2.24) is 0 Å². The second-order valence-corrected chi connectivity index (χ2v) is 2.51. The Hall–Kier alpha value is -0.360. The van der Waals surface area contributed by atoms with Gasteiger partial charge in [-0.15, -0.1) is 12.4 Å². The summed E-state index contributed by atoms with van der Waals surface area (Å²) in [5, 5.41) is 17.2. The van der Waals surface area contributed by atoms with Crippen LogP contribution in [0.15, 0.2) is 0 Å². The van der Waals surface area contributed by atoms with Crippen molar-refractivity contribution in [3.05, 3.63) is 0 Å². The Bertz CT molecular complexity index is 145. The minimum atomic E-state index is -1.51. The summed E-state index contributed by atoms with van der Waals surface area (Å²) in [5.41, 5.74) is 8.97. The van der Waals surface area contributed by atoms with Gasteiger partial charge in [0.25, 0.3) is 0 Å². The molecule has 1 unspecified atom stereocenters. The predicted molar refractivity (Wildman–Crippen MR) is 47.2 cm³/mol. The van der Waals surface area contributed by atoms with Gasteiger partial charge >= 0.3 is 5.97 Å². The molecule has 0 spiro atoms. The third-order valence-electron chi connectivity index (χ3n) is 1.54. The number of hydrogen-bond donors (Lipinski definition) is 4. The van der Waals surface area contributed by atoms with Crippen molar-refractivity contribution in [2.24, 2.45) is 11.5 Å². The van der Waals surface area contributed by atoms with Crippen LogP contribution in [0.25, 0.3) is 0 Å². The van der Waals surface area contributed by atoms with Crippen LogP contribution in [0, 0.1) is 0 Å². The minimum absolute atomic E-state index is 0. The normalized spacial score (nSPS) is 14.6. The average Bonchev–Trinajstić information content (AvgIpc) is 2.00. The molecule has 74 valence electrons. The fourth-order valence-electron chi connectivity index (χ4n) is 0.671. The van der Waals surface area contributed by atoms with Crippen LogP contribution in [0.4, 0.5) is 0 Å². The van der Waals surface area contributed by atoms with Crippen LogP contribution in [0.5, 0.6) is 0 Å². The molecule has 0 aromatic carbocycles. The van der Waals surface area contributed by atoms with E-state index in [9.17, 15) is 4.79 Å². The van der Waals surface area contributed by atoms with Gasteiger partial charge in [0.1, 0.15) is 5.54 Å². The standard InChI is InChI=1S/C6H14N2O3.ClH/c7-3-1-2-6(8,4-9)5(10)11;/h9H,1-4,7-8H2,(H,10,11);1H. The zero-order valence-corrected chi connectivity index (χ0v) is 7.51. The molecule has 12 heavy (non-hydrogen) atoms. The molecule has 0 aliphatic rings. The number of aliphatic hydroxyl groups is 1. The summed E-state index contributed by atoms with van der Waals surface area (Å²) >= 11 is 0. The van der Waals surface area contributed by atoms with Gasteiger partial charge in [0, 0.05) is 0 Å². The van der Waals surface area contributed by atoms with Gasteiger partial charge in [-0.25, -0.2) is 0 Å². The molecule has 0 saturated carbocycles. The van der Waals surface area contributed by atoms with Crippen molar-refractivity contribution >= 4 is 18.4 Å². The Balaban J connectivity index is 0. The molecule has 0 aliphatic carbocycles. The molecule has 0 saturated heterocycles. The molecular formula is C6H15ClN2O3. The summed E-state index contributed by atoms with van der Waals surface area (Å²) in [5.74, 6) is -1.19. The summed E-state index contributed by atoms with van der Waals surface area (Å²) in [7, 11) is 0. The Morgan fingerprint density at radius 2 is 2.00 bits per heavy atom. The Morgan fingerprint density at radius 3 is 2.25 bits per heavy atom. The first kappa shape index (κ1) is 14.2. The van der Waals surface area contributed by atoms with Crippen LogP contribution in [-0.4, -0.2) is 34.9 Å². The molecule has 0 bridgehead atoms. The third kappa shape index (κ3) is 3.87. The van der Waals surface area contributed by atoms with Gasteiger partial charge in [-0.3, -0.25) is 4.79 Å². The number of nitrogens with two attached hydrogens (primary N) is 2. The SMILES string of the molecule is Cl.NCCCC(N)(CO)C(=O)O. The number of carbonyl (C=O) groups is 1. The lowest BCUT2D eigenvalue weighted by Gasteiger charge is -2.20. The van der Waals surface area contributed by atoms with E-state index in [-0.39, 0.29) is 18.8 Å². The molecule has 0 amide bonds. The number of carboxylic acids is 1.